The Hall–Kier alpha value is -1.62. The van der Waals surface area contributed by atoms with E-state index < -0.39 is 29.7 Å². The number of amides is 1. The minimum absolute atomic E-state index is 0.0264. The van der Waals surface area contributed by atoms with E-state index in [4.69, 9.17) is 16.3 Å². The third-order valence-electron chi connectivity index (χ3n) is 2.96. The highest BCUT2D eigenvalue weighted by Crippen LogP contribution is 2.19. The van der Waals surface area contributed by atoms with Crippen molar-refractivity contribution in [1.82, 2.24) is 5.32 Å². The SMILES string of the molecule is CCOC(=O)[C@H](C)[C@@H](C)NC(=O)c1c(F)cccc1Cl. The number of hydrogen-bond acceptors (Lipinski definition) is 3. The van der Waals surface area contributed by atoms with Gasteiger partial charge in [-0.2, -0.15) is 0 Å². The third-order valence-corrected chi connectivity index (χ3v) is 3.27. The van der Waals surface area contributed by atoms with Gasteiger partial charge in [0.2, 0.25) is 0 Å². The molecule has 0 aliphatic carbocycles. The van der Waals surface area contributed by atoms with Gasteiger partial charge in [0.05, 0.1) is 23.1 Å². The summed E-state index contributed by atoms with van der Waals surface area (Å²) >= 11 is 5.81. The van der Waals surface area contributed by atoms with Crippen LogP contribution in [0.15, 0.2) is 18.2 Å². The lowest BCUT2D eigenvalue weighted by Gasteiger charge is -2.20. The third kappa shape index (κ3) is 3.93. The van der Waals surface area contributed by atoms with Crippen molar-refractivity contribution in [2.75, 3.05) is 6.61 Å². The summed E-state index contributed by atoms with van der Waals surface area (Å²) in [5.41, 5.74) is -0.225. The summed E-state index contributed by atoms with van der Waals surface area (Å²) in [5, 5.41) is 2.58. The number of hydrogen-bond donors (Lipinski definition) is 1. The highest BCUT2D eigenvalue weighted by Gasteiger charge is 2.25. The first-order valence-electron chi connectivity index (χ1n) is 6.30. The molecule has 1 N–H and O–H groups in total. The molecule has 2 atom stereocenters. The molecule has 4 nitrogen and oxygen atoms in total. The summed E-state index contributed by atoms with van der Waals surface area (Å²) in [6.07, 6.45) is 0. The normalized spacial score (nSPS) is 13.4. The fourth-order valence-electron chi connectivity index (χ4n) is 1.60. The van der Waals surface area contributed by atoms with Gasteiger partial charge in [-0.15, -0.1) is 0 Å². The minimum Gasteiger partial charge on any atom is -0.466 e. The number of nitrogens with one attached hydrogen (secondary N) is 1. The average Bonchev–Trinajstić information content (AvgIpc) is 2.37. The Bertz CT molecular complexity index is 487. The van der Waals surface area contributed by atoms with Crippen molar-refractivity contribution in [3.05, 3.63) is 34.6 Å². The van der Waals surface area contributed by atoms with Crippen molar-refractivity contribution in [2.45, 2.75) is 26.8 Å². The van der Waals surface area contributed by atoms with Gasteiger partial charge in [0.25, 0.3) is 5.91 Å². The van der Waals surface area contributed by atoms with E-state index >= 15 is 0 Å². The Morgan fingerprint density at radius 1 is 1.40 bits per heavy atom. The molecule has 0 aliphatic heterocycles. The van der Waals surface area contributed by atoms with Crippen molar-refractivity contribution in [3.8, 4) is 0 Å². The molecule has 0 unspecified atom stereocenters. The maximum Gasteiger partial charge on any atom is 0.310 e. The van der Waals surface area contributed by atoms with E-state index in [0.717, 1.165) is 6.07 Å². The summed E-state index contributed by atoms with van der Waals surface area (Å²) < 4.78 is 18.5. The maximum absolute atomic E-state index is 13.6. The summed E-state index contributed by atoms with van der Waals surface area (Å²) in [6.45, 7) is 5.25. The fraction of sp³-hybridized carbons (Fsp3) is 0.429. The maximum atomic E-state index is 13.6. The van der Waals surface area contributed by atoms with Gasteiger partial charge in [-0.05, 0) is 32.9 Å². The standard InChI is InChI=1S/C14H17ClFNO3/c1-4-20-14(19)8(2)9(3)17-13(18)12-10(15)6-5-7-11(12)16/h5-9H,4H2,1-3H3,(H,17,18)/t8-,9-/m1/s1. The van der Waals surface area contributed by atoms with Crippen molar-refractivity contribution in [3.63, 3.8) is 0 Å². The Labute approximate surface area is 122 Å². The second-order valence-electron chi connectivity index (χ2n) is 4.40. The average molecular weight is 302 g/mol. The van der Waals surface area contributed by atoms with E-state index in [0.29, 0.717) is 0 Å². The van der Waals surface area contributed by atoms with Crippen LogP contribution < -0.4 is 5.32 Å². The van der Waals surface area contributed by atoms with E-state index in [1.165, 1.54) is 12.1 Å². The van der Waals surface area contributed by atoms with Gasteiger partial charge in [0.15, 0.2) is 0 Å². The molecule has 0 saturated carbocycles. The topological polar surface area (TPSA) is 55.4 Å². The van der Waals surface area contributed by atoms with Gasteiger partial charge < -0.3 is 10.1 Å². The molecule has 1 aromatic rings. The monoisotopic (exact) mass is 301 g/mol. The molecule has 0 aliphatic rings. The molecule has 0 radical (unpaired) electrons. The van der Waals surface area contributed by atoms with Crippen LogP contribution in [0, 0.1) is 11.7 Å². The van der Waals surface area contributed by atoms with Crippen LogP contribution in [0.3, 0.4) is 0 Å². The minimum atomic E-state index is -0.703. The van der Waals surface area contributed by atoms with Crippen LogP contribution in [-0.4, -0.2) is 24.5 Å². The summed E-state index contributed by atoms with van der Waals surface area (Å²) in [7, 11) is 0. The highest BCUT2D eigenvalue weighted by molar-refractivity contribution is 6.33. The smallest absolute Gasteiger partial charge is 0.310 e. The van der Waals surface area contributed by atoms with E-state index in [2.05, 4.69) is 5.32 Å². The van der Waals surface area contributed by atoms with Gasteiger partial charge in [-0.25, -0.2) is 4.39 Å². The number of ether oxygens (including phenoxy) is 1. The zero-order valence-electron chi connectivity index (χ0n) is 11.6. The van der Waals surface area contributed by atoms with Gasteiger partial charge in [-0.3, -0.25) is 9.59 Å². The number of halogens is 2. The summed E-state index contributed by atoms with van der Waals surface area (Å²) in [6, 6.07) is 3.50. The quantitative estimate of drug-likeness (QED) is 0.851. The van der Waals surface area contributed by atoms with Crippen molar-refractivity contribution >= 4 is 23.5 Å². The van der Waals surface area contributed by atoms with Crippen LogP contribution in [0.2, 0.25) is 5.02 Å². The number of rotatable bonds is 5. The number of carbonyl (C=O) groups is 2. The lowest BCUT2D eigenvalue weighted by Crippen LogP contribution is -2.41. The van der Waals surface area contributed by atoms with Crippen LogP contribution in [-0.2, 0) is 9.53 Å². The van der Waals surface area contributed by atoms with Crippen LogP contribution >= 0.6 is 11.6 Å². The van der Waals surface area contributed by atoms with Crippen molar-refractivity contribution < 1.29 is 18.7 Å². The zero-order valence-corrected chi connectivity index (χ0v) is 12.3. The largest absolute Gasteiger partial charge is 0.466 e. The van der Waals surface area contributed by atoms with Crippen LogP contribution in [0.25, 0.3) is 0 Å². The predicted molar refractivity (Wildman–Crippen MR) is 74.1 cm³/mol. The Balaban J connectivity index is 2.78. The lowest BCUT2D eigenvalue weighted by molar-refractivity contribution is -0.148. The molecule has 6 heteroatoms. The van der Waals surface area contributed by atoms with Crippen molar-refractivity contribution in [1.29, 1.82) is 0 Å². The Morgan fingerprint density at radius 2 is 2.05 bits per heavy atom. The fourth-order valence-corrected chi connectivity index (χ4v) is 1.85. The number of esters is 1. The number of carbonyl (C=O) groups excluding carboxylic acids is 2. The van der Waals surface area contributed by atoms with Crippen LogP contribution in [0.1, 0.15) is 31.1 Å². The second-order valence-corrected chi connectivity index (χ2v) is 4.81. The molecule has 110 valence electrons. The van der Waals surface area contributed by atoms with Crippen molar-refractivity contribution in [2.24, 2.45) is 5.92 Å². The van der Waals surface area contributed by atoms with Gasteiger partial charge >= 0.3 is 5.97 Å². The van der Waals surface area contributed by atoms with E-state index in [9.17, 15) is 14.0 Å². The summed E-state index contributed by atoms with van der Waals surface area (Å²) in [5.74, 6) is -2.31. The molecule has 0 spiro atoms. The first-order valence-corrected chi connectivity index (χ1v) is 6.67. The molecule has 1 rings (SSSR count). The lowest BCUT2D eigenvalue weighted by atomic mass is 10.0. The predicted octanol–water partition coefficient (Wildman–Crippen LogP) is 2.80. The van der Waals surface area contributed by atoms with Crippen LogP contribution in [0.5, 0.6) is 0 Å². The molecular formula is C14H17ClFNO3. The molecule has 0 fully saturated rings. The first-order chi connectivity index (χ1) is 9.38. The van der Waals surface area contributed by atoms with Gasteiger partial charge in [-0.1, -0.05) is 17.7 Å². The summed E-state index contributed by atoms with van der Waals surface area (Å²) in [4.78, 5) is 23.6. The molecule has 0 aromatic heterocycles. The van der Waals surface area contributed by atoms with E-state index in [1.807, 2.05) is 0 Å². The van der Waals surface area contributed by atoms with E-state index in [1.54, 1.807) is 20.8 Å². The zero-order chi connectivity index (χ0) is 15.3. The first kappa shape index (κ1) is 16.4. The molecule has 0 heterocycles. The highest BCUT2D eigenvalue weighted by atomic mass is 35.5. The van der Waals surface area contributed by atoms with E-state index in [-0.39, 0.29) is 17.2 Å². The molecular weight excluding hydrogens is 285 g/mol. The molecule has 1 amide bonds. The molecule has 1 aromatic carbocycles. The number of benzene rings is 1. The molecule has 0 bridgehead atoms. The van der Waals surface area contributed by atoms with Crippen LogP contribution in [0.4, 0.5) is 4.39 Å². The van der Waals surface area contributed by atoms with Gasteiger partial charge in [0, 0.05) is 6.04 Å². The Morgan fingerprint density at radius 3 is 2.60 bits per heavy atom. The second kappa shape index (κ2) is 7.24. The molecule has 0 saturated heterocycles. The van der Waals surface area contributed by atoms with Gasteiger partial charge in [0.1, 0.15) is 5.82 Å². The molecule has 20 heavy (non-hydrogen) atoms. The Kier molecular flexibility index (Phi) is 5.95.